The Kier molecular flexibility index (Phi) is 8.10. The Balaban J connectivity index is 1.36. The topological polar surface area (TPSA) is 126 Å². The van der Waals surface area contributed by atoms with E-state index in [9.17, 15) is 19.7 Å². The molecule has 0 fully saturated rings. The van der Waals surface area contributed by atoms with Gasteiger partial charge in [0.2, 0.25) is 0 Å². The van der Waals surface area contributed by atoms with E-state index < -0.39 is 10.8 Å². The fourth-order valence-corrected chi connectivity index (χ4v) is 3.69. The molecule has 0 saturated heterocycles. The highest BCUT2D eigenvalue weighted by molar-refractivity contribution is 6.07. The summed E-state index contributed by atoms with van der Waals surface area (Å²) in [4.78, 5) is 37.6. The van der Waals surface area contributed by atoms with Crippen LogP contribution in [0.25, 0.3) is 17.4 Å². The van der Waals surface area contributed by atoms with E-state index in [1.54, 1.807) is 48.5 Å². The number of ketones is 1. The largest absolute Gasteiger partial charge is 0.451 e. The molecule has 0 spiro atoms. The Morgan fingerprint density at radius 2 is 1.76 bits per heavy atom. The number of rotatable bonds is 10. The van der Waals surface area contributed by atoms with Crippen LogP contribution in [-0.2, 0) is 0 Å². The van der Waals surface area contributed by atoms with E-state index in [0.29, 0.717) is 29.1 Å². The number of nitrogens with one attached hydrogen (secondary N) is 1. The molecule has 9 nitrogen and oxygen atoms in total. The Morgan fingerprint density at radius 1 is 1.03 bits per heavy atom. The molecule has 0 atom stereocenters. The lowest BCUT2D eigenvalue weighted by Gasteiger charge is -2.17. The zero-order valence-corrected chi connectivity index (χ0v) is 20.5. The maximum Gasteiger partial charge on any atom is 0.291 e. The Hall–Kier alpha value is -5.02. The number of hydrogen-bond donors (Lipinski definition) is 2. The number of anilines is 2. The summed E-state index contributed by atoms with van der Waals surface area (Å²) in [5, 5.41) is 22.8. The minimum atomic E-state index is -0.498. The van der Waals surface area contributed by atoms with Crippen LogP contribution in [0.5, 0.6) is 0 Å². The molecule has 0 aliphatic carbocycles. The molecule has 1 aromatic heterocycles. The van der Waals surface area contributed by atoms with Gasteiger partial charge in [-0.25, -0.2) is 0 Å². The van der Waals surface area contributed by atoms with Crippen LogP contribution in [0, 0.1) is 10.1 Å². The van der Waals surface area contributed by atoms with E-state index in [1.165, 1.54) is 24.3 Å². The van der Waals surface area contributed by atoms with Crippen LogP contribution in [0.2, 0.25) is 0 Å². The van der Waals surface area contributed by atoms with E-state index in [0.717, 1.165) is 11.3 Å². The molecule has 1 amide bonds. The summed E-state index contributed by atoms with van der Waals surface area (Å²) >= 11 is 0. The number of nitro benzene ring substituents is 1. The predicted molar refractivity (Wildman–Crippen MR) is 145 cm³/mol. The average Bonchev–Trinajstić information content (AvgIpc) is 3.43. The van der Waals surface area contributed by atoms with Crippen molar-refractivity contribution in [3.05, 3.63) is 118 Å². The molecule has 1 heterocycles. The Bertz CT molecular complexity index is 1470. The van der Waals surface area contributed by atoms with Gasteiger partial charge in [-0.1, -0.05) is 30.3 Å². The normalized spacial score (nSPS) is 10.9. The van der Waals surface area contributed by atoms with Gasteiger partial charge in [-0.05, 0) is 60.2 Å². The monoisotopic (exact) mass is 511 g/mol. The molecule has 0 aliphatic rings. The number of benzene rings is 3. The fourth-order valence-electron chi connectivity index (χ4n) is 3.69. The van der Waals surface area contributed by atoms with Gasteiger partial charge in [0.1, 0.15) is 5.76 Å². The van der Waals surface area contributed by atoms with Crippen molar-refractivity contribution < 1.29 is 24.0 Å². The van der Waals surface area contributed by atoms with Crippen LogP contribution in [0.1, 0.15) is 26.5 Å². The molecule has 0 aliphatic heterocycles. The first kappa shape index (κ1) is 26.1. The molecule has 4 rings (SSSR count). The number of amides is 1. The van der Waals surface area contributed by atoms with E-state index in [4.69, 9.17) is 9.52 Å². The van der Waals surface area contributed by atoms with Crippen molar-refractivity contribution in [2.24, 2.45) is 0 Å². The molecule has 2 N–H and O–H groups in total. The van der Waals surface area contributed by atoms with E-state index >= 15 is 0 Å². The number of nitrogens with zero attached hydrogens (tertiary/aromatic N) is 2. The number of aliphatic hydroxyl groups is 1. The molecule has 0 unspecified atom stereocenters. The molecule has 0 bridgehead atoms. The lowest BCUT2D eigenvalue weighted by molar-refractivity contribution is -0.384. The number of furan rings is 1. The van der Waals surface area contributed by atoms with Gasteiger partial charge in [-0.15, -0.1) is 0 Å². The third-order valence-electron chi connectivity index (χ3n) is 5.79. The van der Waals surface area contributed by atoms with Gasteiger partial charge in [0.25, 0.3) is 11.6 Å². The Morgan fingerprint density at radius 3 is 2.45 bits per heavy atom. The summed E-state index contributed by atoms with van der Waals surface area (Å²) < 4.78 is 5.60. The van der Waals surface area contributed by atoms with Crippen molar-refractivity contribution in [1.29, 1.82) is 0 Å². The van der Waals surface area contributed by atoms with Crippen LogP contribution >= 0.6 is 0 Å². The molecule has 9 heteroatoms. The minimum Gasteiger partial charge on any atom is -0.451 e. The second-order valence-electron chi connectivity index (χ2n) is 8.44. The second kappa shape index (κ2) is 11.8. The molecule has 0 saturated carbocycles. The van der Waals surface area contributed by atoms with Gasteiger partial charge in [0.15, 0.2) is 11.5 Å². The third-order valence-corrected chi connectivity index (χ3v) is 5.79. The summed E-state index contributed by atoms with van der Waals surface area (Å²) in [7, 11) is 1.89. The van der Waals surface area contributed by atoms with Crippen LogP contribution in [0.3, 0.4) is 0 Å². The summed E-state index contributed by atoms with van der Waals surface area (Å²) in [6, 6.07) is 23.1. The van der Waals surface area contributed by atoms with Crippen molar-refractivity contribution in [2.45, 2.75) is 0 Å². The van der Waals surface area contributed by atoms with Crippen LogP contribution in [0.4, 0.5) is 17.1 Å². The van der Waals surface area contributed by atoms with Gasteiger partial charge >= 0.3 is 0 Å². The second-order valence-corrected chi connectivity index (χ2v) is 8.44. The summed E-state index contributed by atoms with van der Waals surface area (Å²) in [5.74, 6) is -0.299. The van der Waals surface area contributed by atoms with Crippen LogP contribution < -0.4 is 10.2 Å². The first-order valence-electron chi connectivity index (χ1n) is 11.7. The van der Waals surface area contributed by atoms with Gasteiger partial charge in [0.05, 0.1) is 11.5 Å². The third kappa shape index (κ3) is 6.40. The zero-order chi connectivity index (χ0) is 27.1. The van der Waals surface area contributed by atoms with E-state index in [2.05, 4.69) is 5.32 Å². The summed E-state index contributed by atoms with van der Waals surface area (Å²) in [5.41, 5.74) is 3.19. The van der Waals surface area contributed by atoms with Crippen molar-refractivity contribution in [3.8, 4) is 11.3 Å². The van der Waals surface area contributed by atoms with Gasteiger partial charge in [-0.2, -0.15) is 0 Å². The van der Waals surface area contributed by atoms with Crippen molar-refractivity contribution in [1.82, 2.24) is 0 Å². The number of allylic oxidation sites excluding steroid dienone is 1. The molecular formula is C29H25N3O6. The number of carbonyl (C=O) groups is 2. The van der Waals surface area contributed by atoms with Gasteiger partial charge in [0, 0.05) is 48.2 Å². The maximum atomic E-state index is 12.6. The molecule has 0 radical (unpaired) electrons. The number of non-ortho nitro benzene ring substituents is 1. The van der Waals surface area contributed by atoms with Gasteiger partial charge in [-0.3, -0.25) is 19.7 Å². The van der Waals surface area contributed by atoms with E-state index in [-0.39, 0.29) is 23.8 Å². The summed E-state index contributed by atoms with van der Waals surface area (Å²) in [6.45, 7) is 0.606. The molecule has 38 heavy (non-hydrogen) atoms. The molecule has 192 valence electrons. The average molecular weight is 512 g/mol. The molecule has 4 aromatic rings. The van der Waals surface area contributed by atoms with Gasteiger partial charge < -0.3 is 19.7 Å². The highest BCUT2D eigenvalue weighted by atomic mass is 16.6. The highest BCUT2D eigenvalue weighted by Crippen LogP contribution is 2.26. The van der Waals surface area contributed by atoms with Crippen molar-refractivity contribution in [2.75, 3.05) is 30.4 Å². The smallest absolute Gasteiger partial charge is 0.291 e. The number of aliphatic hydroxyl groups excluding tert-OH is 1. The van der Waals surface area contributed by atoms with Crippen molar-refractivity contribution in [3.63, 3.8) is 0 Å². The van der Waals surface area contributed by atoms with Crippen LogP contribution in [0.15, 0.2) is 95.4 Å². The number of hydrogen-bond acceptors (Lipinski definition) is 7. The first-order valence-corrected chi connectivity index (χ1v) is 11.7. The SMILES string of the molecule is CN(CCO)c1ccc(/C=C/C(=O)c2ccc(NC(=O)c3ccc(-c4cccc([N+](=O)[O-])c4)o3)cc2)cc1. The Labute approximate surface area is 218 Å². The lowest BCUT2D eigenvalue weighted by atomic mass is 10.1. The predicted octanol–water partition coefficient (Wildman–Crippen LogP) is 5.43. The fraction of sp³-hybridized carbons (Fsp3) is 0.103. The number of carbonyl (C=O) groups excluding carboxylic acids is 2. The standard InChI is InChI=1S/C29H25N3O6/c1-31(17-18-33)24-12-5-20(6-13-24)7-14-26(34)21-8-10-23(11-9-21)30-29(35)28-16-15-27(38-28)22-3-2-4-25(19-22)32(36)37/h2-16,19,33H,17-18H2,1H3,(H,30,35)/b14-7+. The van der Waals surface area contributed by atoms with E-state index in [1.807, 2.05) is 36.2 Å². The molecular weight excluding hydrogens is 486 g/mol. The lowest BCUT2D eigenvalue weighted by Crippen LogP contribution is -2.20. The minimum absolute atomic E-state index is 0.0446. The molecule has 3 aromatic carbocycles. The highest BCUT2D eigenvalue weighted by Gasteiger charge is 2.15. The number of nitro groups is 1. The van der Waals surface area contributed by atoms with Crippen LogP contribution in [-0.4, -0.2) is 41.9 Å². The first-order chi connectivity index (χ1) is 18.3. The summed E-state index contributed by atoms with van der Waals surface area (Å²) in [6.07, 6.45) is 3.21. The zero-order valence-electron chi connectivity index (χ0n) is 20.5. The maximum absolute atomic E-state index is 12.6. The van der Waals surface area contributed by atoms with Crippen molar-refractivity contribution >= 4 is 34.8 Å². The quantitative estimate of drug-likeness (QED) is 0.126. The number of likely N-dealkylation sites (N-methyl/N-ethyl adjacent to an activating group) is 1.